The van der Waals surface area contributed by atoms with Gasteiger partial charge in [0.15, 0.2) is 5.11 Å². The number of amides is 1. The Morgan fingerprint density at radius 2 is 1.59 bits per heavy atom. The molecule has 0 fully saturated rings. The van der Waals surface area contributed by atoms with E-state index < -0.39 is 15.9 Å². The summed E-state index contributed by atoms with van der Waals surface area (Å²) >= 11 is 35.4. The van der Waals surface area contributed by atoms with Gasteiger partial charge in [-0.15, -0.1) is 0 Å². The zero-order valence-corrected chi connectivity index (χ0v) is 18.4. The summed E-state index contributed by atoms with van der Waals surface area (Å²) in [4.78, 5) is 12.5. The second-order valence-corrected chi connectivity index (χ2v) is 9.05. The molecule has 2 rings (SSSR count). The smallest absolute Gasteiger partial charge is 0.253 e. The predicted molar refractivity (Wildman–Crippen MR) is 119 cm³/mol. The van der Waals surface area contributed by atoms with Crippen molar-refractivity contribution in [3.05, 3.63) is 63.6 Å². The Morgan fingerprint density at radius 1 is 1.00 bits per heavy atom. The number of thiocarbonyl (C=S) groups is 1. The van der Waals surface area contributed by atoms with E-state index in [1.165, 1.54) is 0 Å². The molecule has 4 nitrogen and oxygen atoms in total. The van der Waals surface area contributed by atoms with Crippen LogP contribution in [0.1, 0.15) is 15.9 Å². The number of carbonyl (C=O) groups excluding carboxylic acids is 1. The van der Waals surface area contributed by atoms with Crippen molar-refractivity contribution in [2.45, 2.75) is 16.9 Å². The Morgan fingerprint density at radius 3 is 2.15 bits per heavy atom. The summed E-state index contributed by atoms with van der Waals surface area (Å²) in [6.45, 7) is 1.80. The third kappa shape index (κ3) is 6.28. The maximum atomic E-state index is 12.5. The first-order valence-corrected chi connectivity index (χ1v) is 9.84. The molecular formula is C17H14Cl5N3OS. The topological polar surface area (TPSA) is 53.2 Å². The third-order valence-corrected chi connectivity index (χ3v) is 4.97. The first-order chi connectivity index (χ1) is 12.6. The van der Waals surface area contributed by atoms with Gasteiger partial charge in [0.1, 0.15) is 6.17 Å². The van der Waals surface area contributed by atoms with Crippen LogP contribution >= 0.6 is 70.2 Å². The van der Waals surface area contributed by atoms with Gasteiger partial charge in [-0.1, -0.05) is 82.3 Å². The fourth-order valence-electron chi connectivity index (χ4n) is 2.13. The highest BCUT2D eigenvalue weighted by molar-refractivity contribution is 7.80. The van der Waals surface area contributed by atoms with E-state index in [-0.39, 0.29) is 5.11 Å². The van der Waals surface area contributed by atoms with Crippen LogP contribution in [0.5, 0.6) is 0 Å². The number of nitrogens with one attached hydrogen (secondary N) is 3. The Hall–Kier alpha value is -0.950. The Kier molecular flexibility index (Phi) is 7.86. The van der Waals surface area contributed by atoms with Gasteiger partial charge >= 0.3 is 0 Å². The summed E-state index contributed by atoms with van der Waals surface area (Å²) in [5, 5.41) is 9.00. The molecule has 0 spiro atoms. The molecule has 1 atom stereocenters. The molecule has 1 amide bonds. The van der Waals surface area contributed by atoms with E-state index in [1.54, 1.807) is 43.3 Å². The Bertz CT molecular complexity index is 836. The van der Waals surface area contributed by atoms with E-state index in [0.29, 0.717) is 21.3 Å². The van der Waals surface area contributed by atoms with Gasteiger partial charge in [-0.3, -0.25) is 4.79 Å². The SMILES string of the molecule is Cc1ccccc1C(=O)N[C@@H](NC(=S)Nc1c(Cl)cccc1Cl)C(Cl)(Cl)Cl. The van der Waals surface area contributed by atoms with Crippen molar-refractivity contribution in [2.24, 2.45) is 0 Å². The van der Waals surface area contributed by atoms with Gasteiger partial charge in [-0.25, -0.2) is 0 Å². The number of benzene rings is 2. The number of aryl methyl sites for hydroxylation is 1. The molecule has 0 aliphatic rings. The van der Waals surface area contributed by atoms with Gasteiger partial charge in [-0.2, -0.15) is 0 Å². The van der Waals surface area contributed by atoms with Crippen molar-refractivity contribution < 1.29 is 4.79 Å². The van der Waals surface area contributed by atoms with E-state index in [4.69, 9.17) is 70.2 Å². The van der Waals surface area contributed by atoms with E-state index >= 15 is 0 Å². The minimum absolute atomic E-state index is 0.0615. The van der Waals surface area contributed by atoms with Crippen molar-refractivity contribution in [1.82, 2.24) is 10.6 Å². The van der Waals surface area contributed by atoms with Gasteiger partial charge in [0.25, 0.3) is 5.91 Å². The lowest BCUT2D eigenvalue weighted by atomic mass is 10.1. The lowest BCUT2D eigenvalue weighted by Crippen LogP contribution is -2.56. The largest absolute Gasteiger partial charge is 0.339 e. The summed E-state index contributed by atoms with van der Waals surface area (Å²) in [6, 6.07) is 12.0. The molecule has 0 radical (unpaired) electrons. The molecule has 0 aromatic heterocycles. The Labute approximate surface area is 187 Å². The number of hydrogen-bond acceptors (Lipinski definition) is 2. The predicted octanol–water partition coefficient (Wildman–Crippen LogP) is 5.71. The summed E-state index contributed by atoms with van der Waals surface area (Å²) < 4.78 is -1.88. The maximum absolute atomic E-state index is 12.5. The molecule has 0 heterocycles. The van der Waals surface area contributed by atoms with Crippen molar-refractivity contribution in [3.8, 4) is 0 Å². The minimum atomic E-state index is -1.88. The van der Waals surface area contributed by atoms with E-state index in [9.17, 15) is 4.79 Å². The minimum Gasteiger partial charge on any atom is -0.339 e. The van der Waals surface area contributed by atoms with Crippen molar-refractivity contribution in [2.75, 3.05) is 5.32 Å². The van der Waals surface area contributed by atoms with Crippen LogP contribution in [-0.2, 0) is 0 Å². The van der Waals surface area contributed by atoms with E-state index in [0.717, 1.165) is 5.56 Å². The monoisotopic (exact) mass is 483 g/mol. The average Bonchev–Trinajstić information content (AvgIpc) is 2.57. The standard InChI is InChI=1S/C17H14Cl5N3OS/c1-9-5-2-3-6-10(9)14(26)24-15(17(20,21)22)25-16(27)23-13-11(18)7-4-8-12(13)19/h2-8,15H,1H3,(H,24,26)(H2,23,25,27)/t15-/m0/s1. The zero-order valence-electron chi connectivity index (χ0n) is 13.8. The molecule has 2 aromatic rings. The highest BCUT2D eigenvalue weighted by atomic mass is 35.6. The van der Waals surface area contributed by atoms with Gasteiger partial charge in [0.2, 0.25) is 3.79 Å². The maximum Gasteiger partial charge on any atom is 0.253 e. The van der Waals surface area contributed by atoms with E-state index in [2.05, 4.69) is 16.0 Å². The van der Waals surface area contributed by atoms with Gasteiger partial charge in [-0.05, 0) is 42.9 Å². The van der Waals surface area contributed by atoms with Crippen LogP contribution in [0.15, 0.2) is 42.5 Å². The van der Waals surface area contributed by atoms with Crippen LogP contribution in [0.2, 0.25) is 10.0 Å². The molecular weight excluding hydrogens is 472 g/mol. The summed E-state index contributed by atoms with van der Waals surface area (Å²) in [7, 11) is 0. The first-order valence-electron chi connectivity index (χ1n) is 7.54. The number of halogens is 5. The lowest BCUT2D eigenvalue weighted by Gasteiger charge is -2.28. The molecule has 0 aliphatic heterocycles. The molecule has 0 saturated heterocycles. The Balaban J connectivity index is 2.14. The number of para-hydroxylation sites is 1. The van der Waals surface area contributed by atoms with Crippen LogP contribution in [0.3, 0.4) is 0 Å². The normalized spacial score (nSPS) is 12.2. The number of anilines is 1. The van der Waals surface area contributed by atoms with Crippen LogP contribution in [0, 0.1) is 6.92 Å². The highest BCUT2D eigenvalue weighted by Gasteiger charge is 2.35. The molecule has 27 heavy (non-hydrogen) atoms. The zero-order chi connectivity index (χ0) is 20.2. The summed E-state index contributed by atoms with van der Waals surface area (Å²) in [6.07, 6.45) is -1.11. The van der Waals surface area contributed by atoms with Gasteiger partial charge in [0, 0.05) is 5.56 Å². The average molecular weight is 486 g/mol. The molecule has 0 unspecified atom stereocenters. The van der Waals surface area contributed by atoms with Crippen LogP contribution < -0.4 is 16.0 Å². The molecule has 2 aromatic carbocycles. The number of alkyl halides is 3. The molecule has 144 valence electrons. The number of rotatable bonds is 4. The van der Waals surface area contributed by atoms with E-state index in [1.807, 2.05) is 6.07 Å². The second-order valence-electron chi connectivity index (χ2n) is 5.46. The summed E-state index contributed by atoms with van der Waals surface area (Å²) in [5.74, 6) is -0.421. The number of carbonyl (C=O) groups is 1. The molecule has 0 bridgehead atoms. The van der Waals surface area contributed by atoms with Crippen LogP contribution in [0.25, 0.3) is 0 Å². The van der Waals surface area contributed by atoms with Crippen LogP contribution in [0.4, 0.5) is 5.69 Å². The fraction of sp³-hybridized carbons (Fsp3) is 0.176. The van der Waals surface area contributed by atoms with Gasteiger partial charge in [0.05, 0.1) is 15.7 Å². The molecule has 3 N–H and O–H groups in total. The van der Waals surface area contributed by atoms with Crippen LogP contribution in [-0.4, -0.2) is 21.0 Å². The summed E-state index contributed by atoms with van der Waals surface area (Å²) in [5.41, 5.74) is 1.62. The molecule has 0 saturated carbocycles. The third-order valence-electron chi connectivity index (χ3n) is 3.47. The second kappa shape index (κ2) is 9.50. The first kappa shape index (κ1) is 22.3. The fourth-order valence-corrected chi connectivity index (χ4v) is 3.17. The molecule has 10 heteroatoms. The van der Waals surface area contributed by atoms with Crippen molar-refractivity contribution in [1.29, 1.82) is 0 Å². The lowest BCUT2D eigenvalue weighted by molar-refractivity contribution is 0.0934. The number of hydrogen-bond donors (Lipinski definition) is 3. The van der Waals surface area contributed by atoms with Gasteiger partial charge < -0.3 is 16.0 Å². The van der Waals surface area contributed by atoms with Crippen molar-refractivity contribution in [3.63, 3.8) is 0 Å². The van der Waals surface area contributed by atoms with Crippen molar-refractivity contribution >= 4 is 86.9 Å². The molecule has 0 aliphatic carbocycles. The highest BCUT2D eigenvalue weighted by Crippen LogP contribution is 2.31. The quantitative estimate of drug-likeness (QED) is 0.295.